The lowest BCUT2D eigenvalue weighted by atomic mass is 10.1. The number of nitrogen functional groups attached to an aromatic ring is 1. The predicted octanol–water partition coefficient (Wildman–Crippen LogP) is 2.75. The van der Waals surface area contributed by atoms with Crippen molar-refractivity contribution in [3.05, 3.63) is 28.6 Å². The summed E-state index contributed by atoms with van der Waals surface area (Å²) in [6.45, 7) is 0. The SMILES string of the molecule is Nc1nc(-c2c(O)cccc2Cl)cs1. The van der Waals surface area contributed by atoms with Crippen LogP contribution in [0.5, 0.6) is 5.75 Å². The van der Waals surface area contributed by atoms with E-state index in [1.807, 2.05) is 0 Å². The third-order valence-corrected chi connectivity index (χ3v) is 2.76. The highest BCUT2D eigenvalue weighted by molar-refractivity contribution is 7.13. The molecule has 0 fully saturated rings. The van der Waals surface area contributed by atoms with E-state index in [0.29, 0.717) is 21.4 Å². The fourth-order valence-corrected chi connectivity index (χ4v) is 1.99. The van der Waals surface area contributed by atoms with E-state index in [1.165, 1.54) is 11.3 Å². The second kappa shape index (κ2) is 3.48. The Hall–Kier alpha value is -1.26. The second-order valence-corrected chi connectivity index (χ2v) is 4.00. The van der Waals surface area contributed by atoms with E-state index < -0.39 is 0 Å². The lowest BCUT2D eigenvalue weighted by Gasteiger charge is -2.02. The molecule has 3 N–H and O–H groups in total. The second-order valence-electron chi connectivity index (χ2n) is 2.70. The van der Waals surface area contributed by atoms with Crippen LogP contribution in [0, 0.1) is 0 Å². The fraction of sp³-hybridized carbons (Fsp3) is 0. The molecule has 0 aliphatic carbocycles. The molecule has 3 nitrogen and oxygen atoms in total. The maximum atomic E-state index is 9.59. The molecule has 0 bridgehead atoms. The Balaban J connectivity index is 2.61. The van der Waals surface area contributed by atoms with E-state index in [4.69, 9.17) is 17.3 Å². The Morgan fingerprint density at radius 2 is 2.21 bits per heavy atom. The van der Waals surface area contributed by atoms with Gasteiger partial charge >= 0.3 is 0 Å². The van der Waals surface area contributed by atoms with Gasteiger partial charge in [0, 0.05) is 5.38 Å². The van der Waals surface area contributed by atoms with Crippen LogP contribution in [0.15, 0.2) is 23.6 Å². The summed E-state index contributed by atoms with van der Waals surface area (Å²) in [7, 11) is 0. The van der Waals surface area contributed by atoms with E-state index in [1.54, 1.807) is 23.6 Å². The first-order valence-corrected chi connectivity index (χ1v) is 5.13. The van der Waals surface area contributed by atoms with Crippen LogP contribution < -0.4 is 5.73 Å². The highest BCUT2D eigenvalue weighted by Crippen LogP contribution is 2.36. The molecule has 2 rings (SSSR count). The fourth-order valence-electron chi connectivity index (χ4n) is 1.17. The minimum atomic E-state index is 0.114. The van der Waals surface area contributed by atoms with Gasteiger partial charge in [-0.3, -0.25) is 0 Å². The summed E-state index contributed by atoms with van der Waals surface area (Å²) in [5.41, 5.74) is 6.64. The molecule has 0 spiro atoms. The minimum absolute atomic E-state index is 0.114. The van der Waals surface area contributed by atoms with E-state index >= 15 is 0 Å². The third-order valence-electron chi connectivity index (χ3n) is 1.77. The average Bonchev–Trinajstić information content (AvgIpc) is 2.51. The van der Waals surface area contributed by atoms with Crippen molar-refractivity contribution in [2.45, 2.75) is 0 Å². The van der Waals surface area contributed by atoms with Crippen LogP contribution >= 0.6 is 22.9 Å². The number of nitrogens with two attached hydrogens (primary N) is 1. The highest BCUT2D eigenvalue weighted by Gasteiger charge is 2.11. The molecule has 0 atom stereocenters. The molecule has 1 heterocycles. The van der Waals surface area contributed by atoms with Gasteiger partial charge < -0.3 is 10.8 Å². The van der Waals surface area contributed by atoms with Gasteiger partial charge in [0.15, 0.2) is 5.13 Å². The van der Waals surface area contributed by atoms with Crippen molar-refractivity contribution in [1.82, 2.24) is 4.98 Å². The largest absolute Gasteiger partial charge is 0.507 e. The monoisotopic (exact) mass is 226 g/mol. The number of hydrogen-bond acceptors (Lipinski definition) is 4. The van der Waals surface area contributed by atoms with Crippen molar-refractivity contribution in [1.29, 1.82) is 0 Å². The number of phenols is 1. The summed E-state index contributed by atoms with van der Waals surface area (Å²) in [4.78, 5) is 4.05. The number of phenolic OH excluding ortho intramolecular Hbond substituents is 1. The van der Waals surface area contributed by atoms with Crippen LogP contribution in [0.2, 0.25) is 5.02 Å². The molecule has 0 amide bonds. The van der Waals surface area contributed by atoms with Crippen molar-refractivity contribution >= 4 is 28.1 Å². The van der Waals surface area contributed by atoms with Gasteiger partial charge in [-0.2, -0.15) is 0 Å². The maximum absolute atomic E-state index is 9.59. The zero-order valence-corrected chi connectivity index (χ0v) is 8.64. The Bertz CT molecular complexity index is 449. The van der Waals surface area contributed by atoms with Gasteiger partial charge in [0.25, 0.3) is 0 Å². The minimum Gasteiger partial charge on any atom is -0.507 e. The number of aromatic nitrogens is 1. The number of anilines is 1. The Morgan fingerprint density at radius 1 is 1.43 bits per heavy atom. The molecule has 5 heteroatoms. The van der Waals surface area contributed by atoms with Gasteiger partial charge in [-0.15, -0.1) is 11.3 Å². The van der Waals surface area contributed by atoms with Crippen molar-refractivity contribution in [3.63, 3.8) is 0 Å². The molecule has 14 heavy (non-hydrogen) atoms. The standard InChI is InChI=1S/C9H7ClN2OS/c10-5-2-1-3-7(13)8(5)6-4-14-9(11)12-6/h1-4,13H,(H2,11,12). The summed E-state index contributed by atoms with van der Waals surface area (Å²) in [6, 6.07) is 4.94. The zero-order valence-electron chi connectivity index (χ0n) is 7.07. The number of nitrogens with zero attached hydrogens (tertiary/aromatic N) is 1. The first kappa shape index (κ1) is 9.30. The molecule has 2 aromatic rings. The number of rotatable bonds is 1. The van der Waals surface area contributed by atoms with Gasteiger partial charge in [0.2, 0.25) is 0 Å². The predicted molar refractivity (Wildman–Crippen MR) is 58.6 cm³/mol. The smallest absolute Gasteiger partial charge is 0.180 e. The Labute approximate surface area is 89.8 Å². The molecule has 0 unspecified atom stereocenters. The lowest BCUT2D eigenvalue weighted by molar-refractivity contribution is 0.477. The molecule has 0 saturated heterocycles. The first-order valence-electron chi connectivity index (χ1n) is 3.87. The summed E-state index contributed by atoms with van der Waals surface area (Å²) in [6.07, 6.45) is 0. The molecule has 1 aromatic carbocycles. The maximum Gasteiger partial charge on any atom is 0.180 e. The Morgan fingerprint density at radius 3 is 2.79 bits per heavy atom. The quantitative estimate of drug-likeness (QED) is 0.786. The first-order chi connectivity index (χ1) is 6.68. The van der Waals surface area contributed by atoms with E-state index in [2.05, 4.69) is 4.98 Å². The van der Waals surface area contributed by atoms with Gasteiger partial charge in [-0.05, 0) is 12.1 Å². The molecular formula is C9H7ClN2OS. The third kappa shape index (κ3) is 1.54. The summed E-state index contributed by atoms with van der Waals surface area (Å²) >= 11 is 7.25. The summed E-state index contributed by atoms with van der Waals surface area (Å²) < 4.78 is 0. The number of hydrogen-bond donors (Lipinski definition) is 2. The van der Waals surface area contributed by atoms with Crippen molar-refractivity contribution in [2.24, 2.45) is 0 Å². The molecule has 0 aliphatic rings. The molecule has 0 aliphatic heterocycles. The van der Waals surface area contributed by atoms with Gasteiger partial charge in [-0.1, -0.05) is 17.7 Å². The van der Waals surface area contributed by atoms with Crippen LogP contribution in [-0.4, -0.2) is 10.1 Å². The Kier molecular flexibility index (Phi) is 2.31. The highest BCUT2D eigenvalue weighted by atomic mass is 35.5. The number of benzene rings is 1. The van der Waals surface area contributed by atoms with Crippen molar-refractivity contribution in [3.8, 4) is 17.0 Å². The number of halogens is 1. The van der Waals surface area contributed by atoms with E-state index in [9.17, 15) is 5.11 Å². The van der Waals surface area contributed by atoms with E-state index in [0.717, 1.165) is 0 Å². The van der Waals surface area contributed by atoms with Gasteiger partial charge in [0.05, 0.1) is 16.3 Å². The average molecular weight is 227 g/mol. The van der Waals surface area contributed by atoms with Crippen molar-refractivity contribution < 1.29 is 5.11 Å². The number of aromatic hydroxyl groups is 1. The van der Waals surface area contributed by atoms with Gasteiger partial charge in [-0.25, -0.2) is 4.98 Å². The molecule has 0 radical (unpaired) electrons. The van der Waals surface area contributed by atoms with Crippen LogP contribution in [0.4, 0.5) is 5.13 Å². The van der Waals surface area contributed by atoms with Crippen LogP contribution in [0.1, 0.15) is 0 Å². The normalized spacial score (nSPS) is 10.4. The zero-order chi connectivity index (χ0) is 10.1. The van der Waals surface area contributed by atoms with Crippen LogP contribution in [0.25, 0.3) is 11.3 Å². The molecular weight excluding hydrogens is 220 g/mol. The number of thiazole rings is 1. The molecule has 0 saturated carbocycles. The molecule has 1 aromatic heterocycles. The lowest BCUT2D eigenvalue weighted by Crippen LogP contribution is -1.84. The van der Waals surface area contributed by atoms with Crippen molar-refractivity contribution in [2.75, 3.05) is 5.73 Å². The summed E-state index contributed by atoms with van der Waals surface area (Å²) in [5.74, 6) is 0.114. The van der Waals surface area contributed by atoms with E-state index in [-0.39, 0.29) is 5.75 Å². The molecule has 72 valence electrons. The summed E-state index contributed by atoms with van der Waals surface area (Å²) in [5, 5.41) is 12.3. The van der Waals surface area contributed by atoms with Crippen LogP contribution in [-0.2, 0) is 0 Å². The van der Waals surface area contributed by atoms with Gasteiger partial charge in [0.1, 0.15) is 5.75 Å². The topological polar surface area (TPSA) is 59.1 Å². The van der Waals surface area contributed by atoms with Crippen LogP contribution in [0.3, 0.4) is 0 Å².